The number of anilines is 1. The van der Waals surface area contributed by atoms with E-state index in [1.54, 1.807) is 31.6 Å². The second-order valence-corrected chi connectivity index (χ2v) is 5.64. The topological polar surface area (TPSA) is 62.2 Å². The highest BCUT2D eigenvalue weighted by Gasteiger charge is 2.13. The van der Waals surface area contributed by atoms with E-state index in [4.69, 9.17) is 0 Å². The third kappa shape index (κ3) is 3.30. The van der Waals surface area contributed by atoms with Crippen molar-refractivity contribution in [3.63, 3.8) is 0 Å². The molecule has 0 atom stereocenters. The first kappa shape index (κ1) is 14.4. The molecule has 0 unspecified atom stereocenters. The lowest BCUT2D eigenvalue weighted by molar-refractivity contribution is 0.0821. The number of rotatable bonds is 4. The van der Waals surface area contributed by atoms with Gasteiger partial charge in [0.05, 0.1) is 18.9 Å². The van der Waals surface area contributed by atoms with Gasteiger partial charge in [-0.3, -0.25) is 9.78 Å². The first-order valence-corrected chi connectivity index (χ1v) is 7.01. The molecule has 0 saturated carbocycles. The maximum atomic E-state index is 11.9. The number of hydrogen-bond donors (Lipinski definition) is 0. The van der Waals surface area contributed by atoms with Crippen molar-refractivity contribution in [2.45, 2.75) is 13.5 Å². The Kier molecular flexibility index (Phi) is 4.29. The van der Waals surface area contributed by atoms with E-state index in [0.29, 0.717) is 18.1 Å². The molecule has 1 amide bonds. The quantitative estimate of drug-likeness (QED) is 0.856. The van der Waals surface area contributed by atoms with Crippen molar-refractivity contribution in [3.05, 3.63) is 34.2 Å². The van der Waals surface area contributed by atoms with Gasteiger partial charge in [0.25, 0.3) is 5.91 Å². The summed E-state index contributed by atoms with van der Waals surface area (Å²) in [5.74, 6) is 0.503. The van der Waals surface area contributed by atoms with Crippen LogP contribution in [-0.2, 0) is 6.54 Å². The number of carbonyl (C=O) groups is 1. The standard InChI is InChI=1S/C13H17N5OS/c1-9-8-20-12(15-9)7-18(4)11-6-14-5-10(16-11)13(19)17(2)3/h5-6,8H,7H2,1-4H3. The number of aryl methyl sites for hydroxylation is 1. The van der Waals surface area contributed by atoms with Crippen LogP contribution >= 0.6 is 11.3 Å². The zero-order valence-corrected chi connectivity index (χ0v) is 12.8. The first-order chi connectivity index (χ1) is 9.47. The molecule has 0 aliphatic rings. The predicted octanol–water partition coefficient (Wildman–Crippen LogP) is 1.58. The summed E-state index contributed by atoms with van der Waals surface area (Å²) in [5.41, 5.74) is 1.36. The largest absolute Gasteiger partial charge is 0.352 e. The van der Waals surface area contributed by atoms with Crippen LogP contribution in [0.2, 0.25) is 0 Å². The van der Waals surface area contributed by atoms with E-state index in [0.717, 1.165) is 10.7 Å². The van der Waals surface area contributed by atoms with Gasteiger partial charge in [-0.15, -0.1) is 11.3 Å². The third-order valence-electron chi connectivity index (χ3n) is 2.68. The minimum atomic E-state index is -0.155. The van der Waals surface area contributed by atoms with E-state index in [1.165, 1.54) is 11.1 Å². The average molecular weight is 291 g/mol. The molecule has 0 aliphatic heterocycles. The van der Waals surface area contributed by atoms with Crippen molar-refractivity contribution in [2.75, 3.05) is 26.0 Å². The van der Waals surface area contributed by atoms with Gasteiger partial charge in [-0.05, 0) is 6.92 Å². The Morgan fingerprint density at radius 1 is 1.25 bits per heavy atom. The van der Waals surface area contributed by atoms with Crippen LogP contribution < -0.4 is 4.90 Å². The molecule has 0 saturated heterocycles. The van der Waals surface area contributed by atoms with Crippen molar-refractivity contribution in [3.8, 4) is 0 Å². The number of hydrogen-bond acceptors (Lipinski definition) is 6. The molecule has 0 aromatic carbocycles. The highest BCUT2D eigenvalue weighted by atomic mass is 32.1. The summed E-state index contributed by atoms with van der Waals surface area (Å²) in [7, 11) is 5.29. The van der Waals surface area contributed by atoms with Crippen LogP contribution in [0.5, 0.6) is 0 Å². The molecule has 2 rings (SSSR count). The van der Waals surface area contributed by atoms with Gasteiger partial charge < -0.3 is 9.80 Å². The molecule has 0 bridgehead atoms. The molecule has 2 aromatic heterocycles. The van der Waals surface area contributed by atoms with Crippen LogP contribution in [0.1, 0.15) is 21.2 Å². The van der Waals surface area contributed by atoms with Crippen LogP contribution in [0, 0.1) is 6.92 Å². The van der Waals surface area contributed by atoms with Crippen molar-refractivity contribution < 1.29 is 4.79 Å². The van der Waals surface area contributed by atoms with Crippen LogP contribution in [0.3, 0.4) is 0 Å². The van der Waals surface area contributed by atoms with E-state index in [2.05, 4.69) is 15.0 Å². The molecule has 0 aliphatic carbocycles. The van der Waals surface area contributed by atoms with Gasteiger partial charge in [0, 0.05) is 32.2 Å². The fraction of sp³-hybridized carbons (Fsp3) is 0.385. The van der Waals surface area contributed by atoms with Gasteiger partial charge in [0.15, 0.2) is 0 Å². The highest BCUT2D eigenvalue weighted by Crippen LogP contribution is 2.15. The molecule has 0 fully saturated rings. The van der Waals surface area contributed by atoms with E-state index in [-0.39, 0.29) is 5.91 Å². The maximum Gasteiger partial charge on any atom is 0.273 e. The maximum absolute atomic E-state index is 11.9. The molecule has 0 radical (unpaired) electrons. The van der Waals surface area contributed by atoms with Crippen LogP contribution in [0.25, 0.3) is 0 Å². The Hall–Kier alpha value is -2.02. The van der Waals surface area contributed by atoms with Gasteiger partial charge in [-0.1, -0.05) is 0 Å². The summed E-state index contributed by atoms with van der Waals surface area (Å²) >= 11 is 1.61. The molecule has 0 N–H and O–H groups in total. The van der Waals surface area contributed by atoms with E-state index in [9.17, 15) is 4.79 Å². The highest BCUT2D eigenvalue weighted by molar-refractivity contribution is 7.09. The van der Waals surface area contributed by atoms with Crippen molar-refractivity contribution in [1.29, 1.82) is 0 Å². The van der Waals surface area contributed by atoms with Gasteiger partial charge in [0.1, 0.15) is 16.5 Å². The molecule has 106 valence electrons. The molecular weight excluding hydrogens is 274 g/mol. The number of aromatic nitrogens is 3. The lowest BCUT2D eigenvalue weighted by Crippen LogP contribution is -2.25. The minimum absolute atomic E-state index is 0.155. The average Bonchev–Trinajstić information content (AvgIpc) is 2.83. The molecule has 7 heteroatoms. The monoisotopic (exact) mass is 291 g/mol. The normalized spacial score (nSPS) is 10.4. The Bertz CT molecular complexity index is 610. The molecular formula is C13H17N5OS. The van der Waals surface area contributed by atoms with Crippen molar-refractivity contribution in [2.24, 2.45) is 0 Å². The summed E-state index contributed by atoms with van der Waals surface area (Å²) in [5, 5.41) is 3.03. The SMILES string of the molecule is Cc1csc(CN(C)c2cncc(C(=O)N(C)C)n2)n1. The van der Waals surface area contributed by atoms with Crippen LogP contribution in [0.4, 0.5) is 5.82 Å². The van der Waals surface area contributed by atoms with E-state index in [1.807, 2.05) is 24.3 Å². The Balaban J connectivity index is 2.16. The number of carbonyl (C=O) groups excluding carboxylic acids is 1. The zero-order valence-electron chi connectivity index (χ0n) is 12.0. The Morgan fingerprint density at radius 2 is 2.00 bits per heavy atom. The fourth-order valence-corrected chi connectivity index (χ4v) is 2.46. The smallest absolute Gasteiger partial charge is 0.273 e. The zero-order chi connectivity index (χ0) is 14.7. The summed E-state index contributed by atoms with van der Waals surface area (Å²) in [6.45, 7) is 2.61. The van der Waals surface area contributed by atoms with E-state index < -0.39 is 0 Å². The van der Waals surface area contributed by atoms with Crippen LogP contribution in [0.15, 0.2) is 17.8 Å². The summed E-state index contributed by atoms with van der Waals surface area (Å²) in [6.07, 6.45) is 3.13. The molecule has 0 spiro atoms. The lowest BCUT2D eigenvalue weighted by atomic mass is 10.4. The number of thiazole rings is 1. The summed E-state index contributed by atoms with van der Waals surface area (Å²) in [4.78, 5) is 28.1. The Labute approximate surface area is 122 Å². The fourth-order valence-electron chi connectivity index (χ4n) is 1.63. The number of nitrogens with zero attached hydrogens (tertiary/aromatic N) is 5. The second-order valence-electron chi connectivity index (χ2n) is 4.70. The number of amides is 1. The second kappa shape index (κ2) is 5.96. The molecule has 2 aromatic rings. The summed E-state index contributed by atoms with van der Waals surface area (Å²) < 4.78 is 0. The van der Waals surface area contributed by atoms with Gasteiger partial charge >= 0.3 is 0 Å². The van der Waals surface area contributed by atoms with Gasteiger partial charge in [-0.25, -0.2) is 9.97 Å². The minimum Gasteiger partial charge on any atom is -0.352 e. The molecule has 20 heavy (non-hydrogen) atoms. The van der Waals surface area contributed by atoms with E-state index >= 15 is 0 Å². The first-order valence-electron chi connectivity index (χ1n) is 6.13. The van der Waals surface area contributed by atoms with Crippen LogP contribution in [-0.4, -0.2) is 46.9 Å². The van der Waals surface area contributed by atoms with Crippen molar-refractivity contribution >= 4 is 23.1 Å². The van der Waals surface area contributed by atoms with Crippen molar-refractivity contribution in [1.82, 2.24) is 19.9 Å². The van der Waals surface area contributed by atoms with Gasteiger partial charge in [-0.2, -0.15) is 0 Å². The Morgan fingerprint density at radius 3 is 2.60 bits per heavy atom. The molecule has 6 nitrogen and oxygen atoms in total. The predicted molar refractivity (Wildman–Crippen MR) is 79.0 cm³/mol. The van der Waals surface area contributed by atoms with Gasteiger partial charge in [0.2, 0.25) is 0 Å². The lowest BCUT2D eigenvalue weighted by Gasteiger charge is -2.17. The molecule has 2 heterocycles. The summed E-state index contributed by atoms with van der Waals surface area (Å²) in [6, 6.07) is 0. The third-order valence-corrected chi connectivity index (χ3v) is 3.63.